The molecule has 0 amide bonds. The quantitative estimate of drug-likeness (QED) is 0.427. The molecule has 7 heavy (non-hydrogen) atoms. The van der Waals surface area contributed by atoms with E-state index in [4.69, 9.17) is 4.89 Å². The van der Waals surface area contributed by atoms with Crippen molar-refractivity contribution in [3.05, 3.63) is 0 Å². The van der Waals surface area contributed by atoms with E-state index in [1.165, 1.54) is 0 Å². The molecule has 1 aliphatic rings. The molecule has 2 nitrogen and oxygen atoms in total. The maximum absolute atomic E-state index is 4.84. The summed E-state index contributed by atoms with van der Waals surface area (Å²) in [5, 5.41) is 0. The highest BCUT2D eigenvalue weighted by atomic mass is 17.2. The molecule has 2 heteroatoms. The normalized spacial score (nSPS) is 28.3. The van der Waals surface area contributed by atoms with Crippen molar-refractivity contribution in [3.63, 3.8) is 0 Å². The van der Waals surface area contributed by atoms with Crippen LogP contribution in [0.4, 0.5) is 0 Å². The molecule has 1 heterocycles. The maximum atomic E-state index is 4.84. The molecule has 1 saturated heterocycles. The zero-order valence-electron chi connectivity index (χ0n) is 4.73. The van der Waals surface area contributed by atoms with Gasteiger partial charge in [0.15, 0.2) is 0 Å². The van der Waals surface area contributed by atoms with Gasteiger partial charge in [0.05, 0.1) is 6.61 Å². The standard InChI is InChI=1S/C5H10O2/c1-5(2)3-4-6-7-5/h3-4H2,1-2H3. The smallest absolute Gasteiger partial charge is 0.100 e. The van der Waals surface area contributed by atoms with E-state index >= 15 is 0 Å². The van der Waals surface area contributed by atoms with Gasteiger partial charge in [0.2, 0.25) is 0 Å². The van der Waals surface area contributed by atoms with E-state index < -0.39 is 0 Å². The first kappa shape index (κ1) is 5.06. The van der Waals surface area contributed by atoms with Gasteiger partial charge < -0.3 is 0 Å². The summed E-state index contributed by atoms with van der Waals surface area (Å²) in [7, 11) is 0. The van der Waals surface area contributed by atoms with Crippen LogP contribution in [-0.2, 0) is 9.78 Å². The Kier molecular flexibility index (Phi) is 1.05. The van der Waals surface area contributed by atoms with Crippen LogP contribution in [0.15, 0.2) is 0 Å². The van der Waals surface area contributed by atoms with Crippen molar-refractivity contribution >= 4 is 0 Å². The molecule has 0 unspecified atom stereocenters. The Hall–Kier alpha value is -0.0800. The molecule has 42 valence electrons. The van der Waals surface area contributed by atoms with Crippen molar-refractivity contribution in [1.29, 1.82) is 0 Å². The van der Waals surface area contributed by atoms with Gasteiger partial charge in [-0.05, 0) is 13.8 Å². The van der Waals surface area contributed by atoms with E-state index in [0.29, 0.717) is 0 Å². The van der Waals surface area contributed by atoms with Crippen LogP contribution in [0.5, 0.6) is 0 Å². The fourth-order valence-corrected chi connectivity index (χ4v) is 0.530. The summed E-state index contributed by atoms with van der Waals surface area (Å²) in [5.74, 6) is 0. The van der Waals surface area contributed by atoms with Gasteiger partial charge in [0, 0.05) is 6.42 Å². The highest BCUT2D eigenvalue weighted by Gasteiger charge is 2.25. The molecule has 0 atom stereocenters. The molecular weight excluding hydrogens is 92.1 g/mol. The van der Waals surface area contributed by atoms with Crippen molar-refractivity contribution in [2.75, 3.05) is 6.61 Å². The van der Waals surface area contributed by atoms with Crippen molar-refractivity contribution < 1.29 is 9.78 Å². The van der Waals surface area contributed by atoms with E-state index in [0.717, 1.165) is 13.0 Å². The molecular formula is C5H10O2. The second kappa shape index (κ2) is 1.46. The molecule has 1 rings (SSSR count). The highest BCUT2D eigenvalue weighted by Crippen LogP contribution is 2.20. The predicted molar refractivity (Wildman–Crippen MR) is 25.7 cm³/mol. The summed E-state index contributed by atoms with van der Waals surface area (Å²) in [4.78, 5) is 9.50. The minimum Gasteiger partial charge on any atom is -0.236 e. The van der Waals surface area contributed by atoms with Gasteiger partial charge in [-0.15, -0.1) is 0 Å². The predicted octanol–water partition coefficient (Wildman–Crippen LogP) is 1.12. The van der Waals surface area contributed by atoms with E-state index in [2.05, 4.69) is 4.89 Å². The molecule has 0 saturated carbocycles. The van der Waals surface area contributed by atoms with Crippen LogP contribution in [0.3, 0.4) is 0 Å². The second-order valence-electron chi connectivity index (χ2n) is 2.42. The number of hydrogen-bond acceptors (Lipinski definition) is 2. The zero-order chi connectivity index (χ0) is 5.33. The van der Waals surface area contributed by atoms with E-state index in [1.807, 2.05) is 13.8 Å². The number of rotatable bonds is 0. The van der Waals surface area contributed by atoms with E-state index in [9.17, 15) is 0 Å². The third-order valence-electron chi connectivity index (χ3n) is 1.07. The average molecular weight is 102 g/mol. The van der Waals surface area contributed by atoms with Gasteiger partial charge in [-0.25, -0.2) is 9.78 Å². The van der Waals surface area contributed by atoms with Gasteiger partial charge in [-0.2, -0.15) is 0 Å². The Balaban J connectivity index is 2.40. The fourth-order valence-electron chi connectivity index (χ4n) is 0.530. The van der Waals surface area contributed by atoms with Crippen LogP contribution in [0.2, 0.25) is 0 Å². The first-order chi connectivity index (χ1) is 3.21. The first-order valence-electron chi connectivity index (χ1n) is 2.51. The van der Waals surface area contributed by atoms with Crippen molar-refractivity contribution in [2.45, 2.75) is 25.9 Å². The lowest BCUT2D eigenvalue weighted by Crippen LogP contribution is -2.15. The minimum absolute atomic E-state index is 0.0278. The van der Waals surface area contributed by atoms with Gasteiger partial charge in [0.1, 0.15) is 5.60 Å². The molecule has 0 aliphatic carbocycles. The highest BCUT2D eigenvalue weighted by molar-refractivity contribution is 4.68. The van der Waals surface area contributed by atoms with Crippen LogP contribution >= 0.6 is 0 Å². The van der Waals surface area contributed by atoms with Gasteiger partial charge in [0.25, 0.3) is 0 Å². The lowest BCUT2D eigenvalue weighted by atomic mass is 10.1. The van der Waals surface area contributed by atoms with Crippen molar-refractivity contribution in [3.8, 4) is 0 Å². The third kappa shape index (κ3) is 1.14. The topological polar surface area (TPSA) is 18.5 Å². The summed E-state index contributed by atoms with van der Waals surface area (Å²) >= 11 is 0. The van der Waals surface area contributed by atoms with Gasteiger partial charge >= 0.3 is 0 Å². The van der Waals surface area contributed by atoms with Gasteiger partial charge in [-0.1, -0.05) is 0 Å². The second-order valence-corrected chi connectivity index (χ2v) is 2.42. The zero-order valence-corrected chi connectivity index (χ0v) is 4.73. The SMILES string of the molecule is CC1(C)CCOO1. The van der Waals surface area contributed by atoms with Crippen LogP contribution < -0.4 is 0 Å². The Morgan fingerprint density at radius 1 is 1.43 bits per heavy atom. The Morgan fingerprint density at radius 2 is 2.14 bits per heavy atom. The lowest BCUT2D eigenvalue weighted by Gasteiger charge is -2.10. The molecule has 0 radical (unpaired) electrons. The van der Waals surface area contributed by atoms with E-state index in [-0.39, 0.29) is 5.60 Å². The fraction of sp³-hybridized carbons (Fsp3) is 1.00. The summed E-state index contributed by atoms with van der Waals surface area (Å²) in [5.41, 5.74) is -0.0278. The van der Waals surface area contributed by atoms with Crippen LogP contribution in [-0.4, -0.2) is 12.2 Å². The molecule has 0 aromatic heterocycles. The Labute approximate surface area is 43.3 Å². The van der Waals surface area contributed by atoms with Crippen LogP contribution in [0.25, 0.3) is 0 Å². The minimum atomic E-state index is -0.0278. The molecule has 0 spiro atoms. The van der Waals surface area contributed by atoms with E-state index in [1.54, 1.807) is 0 Å². The summed E-state index contributed by atoms with van der Waals surface area (Å²) in [6.07, 6.45) is 1.01. The summed E-state index contributed by atoms with van der Waals surface area (Å²) < 4.78 is 0. The Bertz CT molecular complexity index is 60.5. The molecule has 0 bridgehead atoms. The summed E-state index contributed by atoms with van der Waals surface area (Å²) in [6.45, 7) is 4.77. The number of hydrogen-bond donors (Lipinski definition) is 0. The molecule has 1 aliphatic heterocycles. The molecule has 0 aromatic carbocycles. The molecule has 0 aromatic rings. The van der Waals surface area contributed by atoms with Crippen molar-refractivity contribution in [1.82, 2.24) is 0 Å². The lowest BCUT2D eigenvalue weighted by molar-refractivity contribution is -0.299. The average Bonchev–Trinajstić information content (AvgIpc) is 1.84. The Morgan fingerprint density at radius 3 is 2.29 bits per heavy atom. The van der Waals surface area contributed by atoms with Crippen LogP contribution in [0, 0.1) is 0 Å². The first-order valence-corrected chi connectivity index (χ1v) is 2.51. The van der Waals surface area contributed by atoms with Crippen LogP contribution in [0.1, 0.15) is 20.3 Å². The molecule has 0 N–H and O–H groups in total. The maximum Gasteiger partial charge on any atom is 0.100 e. The third-order valence-corrected chi connectivity index (χ3v) is 1.07. The van der Waals surface area contributed by atoms with Crippen molar-refractivity contribution in [2.24, 2.45) is 0 Å². The molecule has 1 fully saturated rings. The van der Waals surface area contributed by atoms with Gasteiger partial charge in [-0.3, -0.25) is 0 Å². The summed E-state index contributed by atoms with van der Waals surface area (Å²) in [6, 6.07) is 0. The largest absolute Gasteiger partial charge is 0.236 e. The monoisotopic (exact) mass is 102 g/mol.